The summed E-state index contributed by atoms with van der Waals surface area (Å²) in [6, 6.07) is 12.1. The van der Waals surface area contributed by atoms with Crippen molar-refractivity contribution in [1.82, 2.24) is 5.32 Å². The number of carbonyl (C=O) groups is 2. The standard InChI is InChI=1S/C24H26N2O6/c1-16-5-7-20(11-17(16)2)31-15-23(27)32-21-8-6-18(13-22(21)30-4)12-19(14-25)24(28)26-9-10-29-3/h5-8,11-13H,9-10,15H2,1-4H3,(H,26,28)/b19-12+. The first-order valence-electron chi connectivity index (χ1n) is 9.85. The van der Waals surface area contributed by atoms with Crippen LogP contribution in [0.4, 0.5) is 0 Å². The number of hydrogen-bond donors (Lipinski definition) is 1. The van der Waals surface area contributed by atoms with Crippen molar-refractivity contribution in [2.75, 3.05) is 34.0 Å². The van der Waals surface area contributed by atoms with Gasteiger partial charge >= 0.3 is 5.97 Å². The molecule has 0 aliphatic carbocycles. The van der Waals surface area contributed by atoms with Gasteiger partial charge in [-0.1, -0.05) is 12.1 Å². The molecule has 0 aliphatic heterocycles. The fourth-order valence-electron chi connectivity index (χ4n) is 2.63. The van der Waals surface area contributed by atoms with E-state index < -0.39 is 11.9 Å². The van der Waals surface area contributed by atoms with Crippen LogP contribution in [0.15, 0.2) is 42.0 Å². The van der Waals surface area contributed by atoms with Gasteiger partial charge in [0.1, 0.15) is 17.4 Å². The van der Waals surface area contributed by atoms with E-state index in [1.807, 2.05) is 32.0 Å². The summed E-state index contributed by atoms with van der Waals surface area (Å²) in [5.41, 5.74) is 2.65. The van der Waals surface area contributed by atoms with E-state index in [1.165, 1.54) is 26.4 Å². The van der Waals surface area contributed by atoms with Crippen molar-refractivity contribution < 1.29 is 28.5 Å². The molecule has 8 heteroatoms. The van der Waals surface area contributed by atoms with E-state index >= 15 is 0 Å². The van der Waals surface area contributed by atoms with Gasteiger partial charge in [0.25, 0.3) is 5.91 Å². The van der Waals surface area contributed by atoms with Gasteiger partial charge in [-0.2, -0.15) is 5.26 Å². The number of carbonyl (C=O) groups excluding carboxylic acids is 2. The Bertz CT molecular complexity index is 1040. The van der Waals surface area contributed by atoms with Gasteiger partial charge in [0.15, 0.2) is 18.1 Å². The molecule has 2 aromatic rings. The molecule has 2 rings (SSSR count). The Hall–Kier alpha value is -3.83. The van der Waals surface area contributed by atoms with Crippen LogP contribution < -0.4 is 19.5 Å². The largest absolute Gasteiger partial charge is 0.493 e. The maximum atomic E-state index is 12.2. The van der Waals surface area contributed by atoms with Crippen LogP contribution in [0.5, 0.6) is 17.2 Å². The van der Waals surface area contributed by atoms with E-state index in [0.29, 0.717) is 17.9 Å². The lowest BCUT2D eigenvalue weighted by atomic mass is 10.1. The molecule has 0 heterocycles. The Labute approximate surface area is 187 Å². The molecule has 2 aromatic carbocycles. The highest BCUT2D eigenvalue weighted by Gasteiger charge is 2.13. The van der Waals surface area contributed by atoms with Crippen LogP contribution in [0.2, 0.25) is 0 Å². The van der Waals surface area contributed by atoms with Crippen LogP contribution in [0.25, 0.3) is 6.08 Å². The van der Waals surface area contributed by atoms with E-state index in [9.17, 15) is 14.9 Å². The zero-order chi connectivity index (χ0) is 23.5. The van der Waals surface area contributed by atoms with Crippen molar-refractivity contribution >= 4 is 18.0 Å². The summed E-state index contributed by atoms with van der Waals surface area (Å²) >= 11 is 0. The summed E-state index contributed by atoms with van der Waals surface area (Å²) < 4.78 is 21.0. The molecule has 8 nitrogen and oxygen atoms in total. The fourth-order valence-corrected chi connectivity index (χ4v) is 2.63. The summed E-state index contributed by atoms with van der Waals surface area (Å²) in [5, 5.41) is 11.9. The number of esters is 1. The summed E-state index contributed by atoms with van der Waals surface area (Å²) in [4.78, 5) is 24.3. The molecular formula is C24H26N2O6. The first-order valence-corrected chi connectivity index (χ1v) is 9.85. The van der Waals surface area contributed by atoms with E-state index in [2.05, 4.69) is 5.32 Å². The minimum Gasteiger partial charge on any atom is -0.493 e. The summed E-state index contributed by atoms with van der Waals surface area (Å²) in [6.45, 7) is 4.31. The smallest absolute Gasteiger partial charge is 0.349 e. The molecule has 0 fully saturated rings. The van der Waals surface area contributed by atoms with Crippen molar-refractivity contribution in [3.63, 3.8) is 0 Å². The van der Waals surface area contributed by atoms with Gasteiger partial charge in [-0.05, 0) is 60.9 Å². The van der Waals surface area contributed by atoms with Gasteiger partial charge in [0, 0.05) is 13.7 Å². The Kier molecular flexibility index (Phi) is 9.26. The number of nitrogens with zero attached hydrogens (tertiary/aromatic N) is 1. The van der Waals surface area contributed by atoms with E-state index in [4.69, 9.17) is 18.9 Å². The third-order valence-electron chi connectivity index (χ3n) is 4.51. The van der Waals surface area contributed by atoms with Gasteiger partial charge < -0.3 is 24.3 Å². The number of nitriles is 1. The molecule has 0 saturated heterocycles. The number of nitrogens with one attached hydrogen (secondary N) is 1. The van der Waals surface area contributed by atoms with Crippen LogP contribution in [-0.2, 0) is 14.3 Å². The lowest BCUT2D eigenvalue weighted by Gasteiger charge is -2.11. The lowest BCUT2D eigenvalue weighted by molar-refractivity contribution is -0.136. The van der Waals surface area contributed by atoms with Crippen molar-refractivity contribution in [3.05, 3.63) is 58.7 Å². The Morgan fingerprint density at radius 2 is 1.84 bits per heavy atom. The third kappa shape index (κ3) is 7.15. The van der Waals surface area contributed by atoms with Gasteiger partial charge in [-0.25, -0.2) is 4.79 Å². The number of amides is 1. The zero-order valence-electron chi connectivity index (χ0n) is 18.6. The minimum absolute atomic E-state index is 0.0744. The second-order valence-corrected chi connectivity index (χ2v) is 6.84. The molecule has 0 unspecified atom stereocenters. The Morgan fingerprint density at radius 1 is 1.06 bits per heavy atom. The van der Waals surface area contributed by atoms with Crippen molar-refractivity contribution in [2.24, 2.45) is 0 Å². The second-order valence-electron chi connectivity index (χ2n) is 6.84. The first kappa shape index (κ1) is 24.4. The molecule has 1 N–H and O–H groups in total. The highest BCUT2D eigenvalue weighted by Crippen LogP contribution is 2.29. The van der Waals surface area contributed by atoms with Crippen LogP contribution in [0.1, 0.15) is 16.7 Å². The monoisotopic (exact) mass is 438 g/mol. The topological polar surface area (TPSA) is 107 Å². The predicted octanol–water partition coefficient (Wildman–Crippen LogP) is 2.97. The second kappa shape index (κ2) is 12.1. The van der Waals surface area contributed by atoms with Gasteiger partial charge in [0.05, 0.1) is 13.7 Å². The average molecular weight is 438 g/mol. The minimum atomic E-state index is -0.597. The third-order valence-corrected chi connectivity index (χ3v) is 4.51. The summed E-state index contributed by atoms with van der Waals surface area (Å²) in [5.74, 6) is -0.0652. The summed E-state index contributed by atoms with van der Waals surface area (Å²) in [7, 11) is 2.94. The van der Waals surface area contributed by atoms with Gasteiger partial charge in [-0.15, -0.1) is 0 Å². The van der Waals surface area contributed by atoms with Crippen molar-refractivity contribution in [1.29, 1.82) is 5.26 Å². The SMILES string of the molecule is COCCNC(=O)/C(C#N)=C/c1ccc(OC(=O)COc2ccc(C)c(C)c2)c(OC)c1. The number of benzene rings is 2. The number of hydrogen-bond acceptors (Lipinski definition) is 7. The predicted molar refractivity (Wildman–Crippen MR) is 119 cm³/mol. The van der Waals surface area contributed by atoms with Crippen LogP contribution in [0.3, 0.4) is 0 Å². The van der Waals surface area contributed by atoms with Crippen LogP contribution in [-0.4, -0.2) is 45.9 Å². The highest BCUT2D eigenvalue weighted by atomic mass is 16.6. The Morgan fingerprint density at radius 3 is 2.50 bits per heavy atom. The van der Waals surface area contributed by atoms with Gasteiger partial charge in [0.2, 0.25) is 0 Å². The number of rotatable bonds is 10. The molecule has 0 atom stereocenters. The molecule has 168 valence electrons. The lowest BCUT2D eigenvalue weighted by Crippen LogP contribution is -2.27. The normalized spacial score (nSPS) is 10.8. The van der Waals surface area contributed by atoms with Crippen LogP contribution >= 0.6 is 0 Å². The number of aryl methyl sites for hydroxylation is 2. The fraction of sp³-hybridized carbons (Fsp3) is 0.292. The molecule has 0 saturated carbocycles. The van der Waals surface area contributed by atoms with Crippen LogP contribution in [0, 0.1) is 25.2 Å². The molecular weight excluding hydrogens is 412 g/mol. The molecule has 32 heavy (non-hydrogen) atoms. The van der Waals surface area contributed by atoms with E-state index in [1.54, 1.807) is 18.2 Å². The van der Waals surface area contributed by atoms with Gasteiger partial charge in [-0.3, -0.25) is 4.79 Å². The highest BCUT2D eigenvalue weighted by molar-refractivity contribution is 6.01. The maximum Gasteiger partial charge on any atom is 0.349 e. The quantitative estimate of drug-likeness (QED) is 0.200. The number of methoxy groups -OCH3 is 2. The Balaban J connectivity index is 2.05. The molecule has 0 radical (unpaired) electrons. The zero-order valence-corrected chi connectivity index (χ0v) is 18.6. The van der Waals surface area contributed by atoms with E-state index in [-0.39, 0.29) is 30.2 Å². The van der Waals surface area contributed by atoms with E-state index in [0.717, 1.165) is 11.1 Å². The molecule has 0 bridgehead atoms. The molecule has 0 spiro atoms. The van der Waals surface area contributed by atoms with Crippen molar-refractivity contribution in [3.8, 4) is 23.3 Å². The first-order chi connectivity index (χ1) is 15.4. The molecule has 1 amide bonds. The average Bonchev–Trinajstić information content (AvgIpc) is 2.79. The molecule has 0 aromatic heterocycles. The summed E-state index contributed by atoms with van der Waals surface area (Å²) in [6.07, 6.45) is 1.42. The number of ether oxygens (including phenoxy) is 4. The molecule has 0 aliphatic rings. The van der Waals surface area contributed by atoms with Crippen molar-refractivity contribution in [2.45, 2.75) is 13.8 Å². The maximum absolute atomic E-state index is 12.2.